The summed E-state index contributed by atoms with van der Waals surface area (Å²) >= 11 is 5.91. The maximum absolute atomic E-state index is 10.2. The highest BCUT2D eigenvalue weighted by atomic mass is 35.5. The van der Waals surface area contributed by atoms with Gasteiger partial charge in [-0.1, -0.05) is 23.7 Å². The molecule has 17 heavy (non-hydrogen) atoms. The summed E-state index contributed by atoms with van der Waals surface area (Å²) in [5, 5.41) is 15.1. The summed E-state index contributed by atoms with van der Waals surface area (Å²) in [6, 6.07) is 7.55. The number of halogens is 1. The maximum atomic E-state index is 10.2. The molecule has 4 heteroatoms. The van der Waals surface area contributed by atoms with E-state index in [2.05, 4.69) is 5.10 Å². The molecule has 0 aliphatic carbocycles. The van der Waals surface area contributed by atoms with E-state index in [0.29, 0.717) is 11.4 Å². The van der Waals surface area contributed by atoms with E-state index in [1.807, 2.05) is 44.4 Å². The minimum absolute atomic E-state index is 0.540. The summed E-state index contributed by atoms with van der Waals surface area (Å²) in [4.78, 5) is 0. The Hall–Kier alpha value is -1.32. The van der Waals surface area contributed by atoms with Crippen LogP contribution < -0.4 is 0 Å². The fourth-order valence-electron chi connectivity index (χ4n) is 1.94. The molecule has 90 valence electrons. The van der Waals surface area contributed by atoms with E-state index in [-0.39, 0.29) is 0 Å². The first kappa shape index (κ1) is 12.1. The van der Waals surface area contributed by atoms with Gasteiger partial charge in [0.25, 0.3) is 0 Å². The van der Waals surface area contributed by atoms with Gasteiger partial charge in [-0.15, -0.1) is 0 Å². The van der Waals surface area contributed by atoms with Gasteiger partial charge >= 0.3 is 0 Å². The summed E-state index contributed by atoms with van der Waals surface area (Å²) in [5.41, 5.74) is 2.75. The normalized spacial score (nSPS) is 12.7. The molecule has 1 unspecified atom stereocenters. The van der Waals surface area contributed by atoms with Gasteiger partial charge in [0.1, 0.15) is 0 Å². The molecule has 1 aromatic heterocycles. The van der Waals surface area contributed by atoms with Crippen molar-refractivity contribution in [1.29, 1.82) is 0 Å². The van der Waals surface area contributed by atoms with E-state index >= 15 is 0 Å². The van der Waals surface area contributed by atoms with Crippen molar-refractivity contribution in [2.24, 2.45) is 7.05 Å². The summed E-state index contributed by atoms with van der Waals surface area (Å²) in [6.45, 7) is 1.90. The molecule has 0 bridgehead atoms. The van der Waals surface area contributed by atoms with Gasteiger partial charge in [-0.3, -0.25) is 4.68 Å². The van der Waals surface area contributed by atoms with E-state index in [1.165, 1.54) is 0 Å². The molecule has 0 saturated carbocycles. The predicted octanol–water partition coefficient (Wildman–Crippen LogP) is 2.66. The zero-order valence-electron chi connectivity index (χ0n) is 9.89. The zero-order chi connectivity index (χ0) is 12.4. The van der Waals surface area contributed by atoms with Gasteiger partial charge in [0, 0.05) is 30.3 Å². The molecule has 0 spiro atoms. The van der Waals surface area contributed by atoms with Crippen molar-refractivity contribution in [2.45, 2.75) is 19.4 Å². The molecular weight excluding hydrogens is 236 g/mol. The lowest BCUT2D eigenvalue weighted by molar-refractivity contribution is 0.177. The molecule has 2 aromatic rings. The topological polar surface area (TPSA) is 38.0 Å². The Balaban J connectivity index is 2.16. The van der Waals surface area contributed by atoms with E-state index in [4.69, 9.17) is 11.6 Å². The van der Waals surface area contributed by atoms with Crippen LogP contribution in [-0.2, 0) is 13.5 Å². The number of hydrogen-bond donors (Lipinski definition) is 1. The van der Waals surface area contributed by atoms with Crippen molar-refractivity contribution in [3.8, 4) is 0 Å². The Labute approximate surface area is 106 Å². The van der Waals surface area contributed by atoms with E-state index in [9.17, 15) is 5.11 Å². The third-order valence-corrected chi connectivity index (χ3v) is 2.96. The first-order chi connectivity index (χ1) is 8.06. The van der Waals surface area contributed by atoms with E-state index in [0.717, 1.165) is 16.8 Å². The highest BCUT2D eigenvalue weighted by Crippen LogP contribution is 2.22. The van der Waals surface area contributed by atoms with Crippen LogP contribution in [0, 0.1) is 6.92 Å². The Morgan fingerprint density at radius 2 is 2.24 bits per heavy atom. The first-order valence-corrected chi connectivity index (χ1v) is 5.86. The number of aryl methyl sites for hydroxylation is 2. The van der Waals surface area contributed by atoms with Crippen molar-refractivity contribution >= 4 is 11.6 Å². The minimum Gasteiger partial charge on any atom is -0.388 e. The molecular formula is C13H15ClN2O. The molecule has 2 rings (SSSR count). The van der Waals surface area contributed by atoms with Crippen molar-refractivity contribution in [3.05, 3.63) is 52.3 Å². The van der Waals surface area contributed by atoms with Gasteiger partial charge < -0.3 is 5.11 Å². The van der Waals surface area contributed by atoms with Gasteiger partial charge in [0.15, 0.2) is 0 Å². The molecule has 0 saturated heterocycles. The van der Waals surface area contributed by atoms with Gasteiger partial charge in [0.05, 0.1) is 11.8 Å². The molecule has 1 heterocycles. The Morgan fingerprint density at radius 1 is 1.47 bits per heavy atom. The number of aliphatic hydroxyl groups is 1. The smallest absolute Gasteiger partial charge is 0.0863 e. The molecule has 1 aromatic carbocycles. The fourth-order valence-corrected chi connectivity index (χ4v) is 2.16. The van der Waals surface area contributed by atoms with Crippen LogP contribution >= 0.6 is 11.6 Å². The lowest BCUT2D eigenvalue weighted by atomic mass is 10.0. The number of aromatic nitrogens is 2. The highest BCUT2D eigenvalue weighted by Gasteiger charge is 2.14. The van der Waals surface area contributed by atoms with Gasteiger partial charge in [0.2, 0.25) is 0 Å². The summed E-state index contributed by atoms with van der Waals surface area (Å²) < 4.78 is 1.71. The first-order valence-electron chi connectivity index (χ1n) is 5.49. The molecule has 0 fully saturated rings. The Bertz CT molecular complexity index is 522. The van der Waals surface area contributed by atoms with Crippen molar-refractivity contribution in [3.63, 3.8) is 0 Å². The van der Waals surface area contributed by atoms with E-state index < -0.39 is 6.10 Å². The zero-order valence-corrected chi connectivity index (χ0v) is 10.6. The maximum Gasteiger partial charge on any atom is 0.0863 e. The number of benzene rings is 1. The monoisotopic (exact) mass is 250 g/mol. The summed E-state index contributed by atoms with van der Waals surface area (Å²) in [7, 11) is 1.85. The largest absolute Gasteiger partial charge is 0.388 e. The lowest BCUT2D eigenvalue weighted by Gasteiger charge is -2.09. The summed E-state index contributed by atoms with van der Waals surface area (Å²) in [5.74, 6) is 0. The van der Waals surface area contributed by atoms with Crippen LogP contribution in [0.3, 0.4) is 0 Å². The number of rotatable bonds is 3. The number of nitrogens with zero attached hydrogens (tertiary/aromatic N) is 2. The van der Waals surface area contributed by atoms with Crippen LogP contribution in [0.4, 0.5) is 0 Å². The van der Waals surface area contributed by atoms with Crippen molar-refractivity contribution in [1.82, 2.24) is 9.78 Å². The van der Waals surface area contributed by atoms with Crippen LogP contribution in [-0.4, -0.2) is 14.9 Å². The van der Waals surface area contributed by atoms with Crippen molar-refractivity contribution in [2.75, 3.05) is 0 Å². The molecule has 1 N–H and O–H groups in total. The number of aliphatic hydroxyl groups excluding tert-OH is 1. The average Bonchev–Trinajstić information content (AvgIpc) is 2.58. The van der Waals surface area contributed by atoms with Gasteiger partial charge in [-0.25, -0.2) is 0 Å². The second-order valence-corrected chi connectivity index (χ2v) is 4.63. The van der Waals surface area contributed by atoms with Gasteiger partial charge in [-0.2, -0.15) is 5.10 Å². The Morgan fingerprint density at radius 3 is 2.82 bits per heavy atom. The van der Waals surface area contributed by atoms with Crippen LogP contribution in [0.1, 0.15) is 22.9 Å². The SMILES string of the molecule is Cc1nn(C)cc1C(O)Cc1cccc(Cl)c1. The molecule has 0 aliphatic heterocycles. The van der Waals surface area contributed by atoms with Crippen LogP contribution in [0.15, 0.2) is 30.5 Å². The quantitative estimate of drug-likeness (QED) is 0.910. The molecule has 0 amide bonds. The van der Waals surface area contributed by atoms with Crippen molar-refractivity contribution < 1.29 is 5.11 Å². The standard InChI is InChI=1S/C13H15ClN2O/c1-9-12(8-16(2)15-9)13(17)7-10-4-3-5-11(14)6-10/h3-6,8,13,17H,7H2,1-2H3. The molecule has 1 atom stereocenters. The highest BCUT2D eigenvalue weighted by molar-refractivity contribution is 6.30. The molecule has 3 nitrogen and oxygen atoms in total. The van der Waals surface area contributed by atoms with E-state index in [1.54, 1.807) is 4.68 Å². The number of hydrogen-bond acceptors (Lipinski definition) is 2. The Kier molecular flexibility index (Phi) is 3.50. The van der Waals surface area contributed by atoms with Crippen LogP contribution in [0.2, 0.25) is 5.02 Å². The molecule has 0 aliphatic rings. The van der Waals surface area contributed by atoms with Crippen LogP contribution in [0.5, 0.6) is 0 Å². The third-order valence-electron chi connectivity index (χ3n) is 2.73. The second-order valence-electron chi connectivity index (χ2n) is 4.19. The minimum atomic E-state index is -0.540. The average molecular weight is 251 g/mol. The van der Waals surface area contributed by atoms with Crippen LogP contribution in [0.25, 0.3) is 0 Å². The third kappa shape index (κ3) is 2.87. The molecule has 0 radical (unpaired) electrons. The fraction of sp³-hybridized carbons (Fsp3) is 0.308. The lowest BCUT2D eigenvalue weighted by Crippen LogP contribution is -2.02. The second kappa shape index (κ2) is 4.90. The summed E-state index contributed by atoms with van der Waals surface area (Å²) in [6.07, 6.45) is 1.86. The predicted molar refractivity (Wildman–Crippen MR) is 68.1 cm³/mol. The van der Waals surface area contributed by atoms with Gasteiger partial charge in [-0.05, 0) is 24.6 Å².